The Balaban J connectivity index is 1.96. The molecule has 1 fully saturated rings. The van der Waals surface area contributed by atoms with Gasteiger partial charge in [0.1, 0.15) is 0 Å². The average molecular weight is 252 g/mol. The number of nitrogens with zero attached hydrogens (tertiary/aromatic N) is 1. The van der Waals surface area contributed by atoms with Gasteiger partial charge in [0, 0.05) is 13.1 Å². The summed E-state index contributed by atoms with van der Waals surface area (Å²) in [6, 6.07) is 7.78. The molecule has 0 saturated carbocycles. The Labute approximate surface area is 102 Å². The van der Waals surface area contributed by atoms with E-state index in [1.54, 1.807) is 4.31 Å². The molecule has 1 aromatic carbocycles. The van der Waals surface area contributed by atoms with Crippen LogP contribution < -0.4 is 9.62 Å². The van der Waals surface area contributed by atoms with Crippen LogP contribution in [0.3, 0.4) is 0 Å². The van der Waals surface area contributed by atoms with Crippen molar-refractivity contribution in [3.8, 4) is 0 Å². The third kappa shape index (κ3) is 1.73. The number of benzene rings is 1. The molecule has 3 rings (SSSR count). The molecule has 1 saturated heterocycles. The van der Waals surface area contributed by atoms with Crippen LogP contribution in [0.2, 0.25) is 0 Å². The number of para-hydroxylation sites is 1. The standard InChI is InChI=1S/C12H16N2O2S/c15-17(16,11-5-7-13-9-11)14-8-6-10-3-1-2-4-12(10)14/h1-4,11,13H,5-9H2. The van der Waals surface area contributed by atoms with Crippen LogP contribution in [0.4, 0.5) is 5.69 Å². The van der Waals surface area contributed by atoms with Crippen molar-refractivity contribution in [1.82, 2.24) is 5.32 Å². The van der Waals surface area contributed by atoms with Crippen LogP contribution in [0, 0.1) is 0 Å². The van der Waals surface area contributed by atoms with Gasteiger partial charge in [-0.2, -0.15) is 0 Å². The lowest BCUT2D eigenvalue weighted by molar-refractivity contribution is 0.579. The summed E-state index contributed by atoms with van der Waals surface area (Å²) in [7, 11) is -3.18. The number of nitrogens with one attached hydrogen (secondary N) is 1. The van der Waals surface area contributed by atoms with Gasteiger partial charge in [0.05, 0.1) is 10.9 Å². The first-order chi connectivity index (χ1) is 8.19. The molecule has 1 N–H and O–H groups in total. The van der Waals surface area contributed by atoms with E-state index in [2.05, 4.69) is 5.32 Å². The second kappa shape index (κ2) is 3.99. The highest BCUT2D eigenvalue weighted by molar-refractivity contribution is 7.93. The molecule has 4 nitrogen and oxygen atoms in total. The van der Waals surface area contributed by atoms with Crippen LogP contribution in [0.15, 0.2) is 24.3 Å². The number of fused-ring (bicyclic) bond motifs is 1. The summed E-state index contributed by atoms with van der Waals surface area (Å²) >= 11 is 0. The lowest BCUT2D eigenvalue weighted by Crippen LogP contribution is -2.38. The molecular formula is C12H16N2O2S. The van der Waals surface area contributed by atoms with E-state index < -0.39 is 10.0 Å². The summed E-state index contributed by atoms with van der Waals surface area (Å²) in [6.07, 6.45) is 1.55. The number of hydrogen-bond donors (Lipinski definition) is 1. The fourth-order valence-corrected chi connectivity index (χ4v) is 4.54. The quantitative estimate of drug-likeness (QED) is 0.844. The van der Waals surface area contributed by atoms with Crippen LogP contribution in [0.1, 0.15) is 12.0 Å². The Morgan fingerprint density at radius 3 is 2.88 bits per heavy atom. The van der Waals surface area contributed by atoms with Crippen LogP contribution in [-0.4, -0.2) is 33.3 Å². The van der Waals surface area contributed by atoms with E-state index in [1.807, 2.05) is 24.3 Å². The van der Waals surface area contributed by atoms with Crippen molar-refractivity contribution in [2.45, 2.75) is 18.1 Å². The van der Waals surface area contributed by atoms with E-state index in [0.717, 1.165) is 30.6 Å². The van der Waals surface area contributed by atoms with E-state index >= 15 is 0 Å². The normalized spacial score (nSPS) is 24.0. The van der Waals surface area contributed by atoms with Gasteiger partial charge in [0.25, 0.3) is 0 Å². The van der Waals surface area contributed by atoms with Crippen molar-refractivity contribution < 1.29 is 8.42 Å². The van der Waals surface area contributed by atoms with Gasteiger partial charge >= 0.3 is 0 Å². The lowest BCUT2D eigenvalue weighted by atomic mass is 10.2. The second-order valence-electron chi connectivity index (χ2n) is 4.61. The topological polar surface area (TPSA) is 49.4 Å². The van der Waals surface area contributed by atoms with Gasteiger partial charge in [-0.05, 0) is 31.0 Å². The molecule has 0 amide bonds. The summed E-state index contributed by atoms with van der Waals surface area (Å²) in [5.74, 6) is 0. The molecule has 1 atom stereocenters. The average Bonchev–Trinajstić information content (AvgIpc) is 2.99. The fraction of sp³-hybridized carbons (Fsp3) is 0.500. The molecule has 1 aromatic rings. The predicted molar refractivity (Wildman–Crippen MR) is 67.7 cm³/mol. The third-order valence-electron chi connectivity index (χ3n) is 3.59. The molecule has 0 aliphatic carbocycles. The smallest absolute Gasteiger partial charge is 0.239 e. The van der Waals surface area contributed by atoms with E-state index in [4.69, 9.17) is 0 Å². The monoisotopic (exact) mass is 252 g/mol. The minimum absolute atomic E-state index is 0.256. The molecule has 0 bridgehead atoms. The summed E-state index contributed by atoms with van der Waals surface area (Å²) in [6.45, 7) is 1.98. The maximum absolute atomic E-state index is 12.5. The van der Waals surface area contributed by atoms with Crippen molar-refractivity contribution in [3.05, 3.63) is 29.8 Å². The zero-order valence-corrected chi connectivity index (χ0v) is 10.4. The SMILES string of the molecule is O=S(=O)(C1CCNC1)N1CCc2ccccc21. The fourth-order valence-electron chi connectivity index (χ4n) is 2.63. The van der Waals surface area contributed by atoms with Gasteiger partial charge in [0.15, 0.2) is 0 Å². The third-order valence-corrected chi connectivity index (χ3v) is 5.83. The highest BCUT2D eigenvalue weighted by atomic mass is 32.2. The van der Waals surface area contributed by atoms with Gasteiger partial charge in [-0.15, -0.1) is 0 Å². The molecular weight excluding hydrogens is 236 g/mol. The predicted octanol–water partition coefficient (Wildman–Crippen LogP) is 0.741. The first kappa shape index (κ1) is 11.0. The van der Waals surface area contributed by atoms with Crippen molar-refractivity contribution >= 4 is 15.7 Å². The van der Waals surface area contributed by atoms with Crippen molar-refractivity contribution in [2.75, 3.05) is 23.9 Å². The van der Waals surface area contributed by atoms with Crippen molar-refractivity contribution in [1.29, 1.82) is 0 Å². The number of anilines is 1. The largest absolute Gasteiger partial charge is 0.315 e. The minimum Gasteiger partial charge on any atom is -0.315 e. The Morgan fingerprint density at radius 1 is 1.29 bits per heavy atom. The van der Waals surface area contributed by atoms with Crippen molar-refractivity contribution in [2.24, 2.45) is 0 Å². The van der Waals surface area contributed by atoms with Crippen molar-refractivity contribution in [3.63, 3.8) is 0 Å². The van der Waals surface area contributed by atoms with Gasteiger partial charge in [-0.25, -0.2) is 8.42 Å². The summed E-state index contributed by atoms with van der Waals surface area (Å²) in [5.41, 5.74) is 2.02. The molecule has 2 aliphatic heterocycles. The molecule has 1 unspecified atom stereocenters. The van der Waals surface area contributed by atoms with Crippen LogP contribution in [-0.2, 0) is 16.4 Å². The maximum atomic E-state index is 12.5. The highest BCUT2D eigenvalue weighted by Crippen LogP contribution is 2.32. The molecule has 0 radical (unpaired) electrons. The Kier molecular flexibility index (Phi) is 2.60. The summed E-state index contributed by atoms with van der Waals surface area (Å²) in [4.78, 5) is 0. The zero-order chi connectivity index (χ0) is 11.9. The first-order valence-corrected chi connectivity index (χ1v) is 7.50. The second-order valence-corrected chi connectivity index (χ2v) is 6.75. The molecule has 5 heteroatoms. The van der Waals surface area contributed by atoms with Crippen LogP contribution >= 0.6 is 0 Å². The van der Waals surface area contributed by atoms with Crippen LogP contribution in [0.5, 0.6) is 0 Å². The van der Waals surface area contributed by atoms with Gasteiger partial charge < -0.3 is 5.32 Å². The summed E-state index contributed by atoms with van der Waals surface area (Å²) < 4.78 is 26.6. The Bertz CT molecular complexity index is 521. The number of rotatable bonds is 2. The minimum atomic E-state index is -3.18. The highest BCUT2D eigenvalue weighted by Gasteiger charge is 2.37. The lowest BCUT2D eigenvalue weighted by Gasteiger charge is -2.23. The molecule has 0 spiro atoms. The Morgan fingerprint density at radius 2 is 2.12 bits per heavy atom. The molecule has 17 heavy (non-hydrogen) atoms. The Hall–Kier alpha value is -1.07. The molecule has 0 aromatic heterocycles. The first-order valence-electron chi connectivity index (χ1n) is 6.00. The van der Waals surface area contributed by atoms with E-state index in [-0.39, 0.29) is 5.25 Å². The number of sulfonamides is 1. The van der Waals surface area contributed by atoms with E-state index in [0.29, 0.717) is 13.1 Å². The summed E-state index contributed by atoms with van der Waals surface area (Å²) in [5, 5.41) is 2.86. The molecule has 2 heterocycles. The molecule has 2 aliphatic rings. The number of hydrogen-bond acceptors (Lipinski definition) is 3. The molecule has 92 valence electrons. The van der Waals surface area contributed by atoms with Gasteiger partial charge in [-0.1, -0.05) is 18.2 Å². The van der Waals surface area contributed by atoms with Gasteiger partial charge in [0.2, 0.25) is 10.0 Å². The van der Waals surface area contributed by atoms with Gasteiger partial charge in [-0.3, -0.25) is 4.31 Å². The van der Waals surface area contributed by atoms with Crippen LogP contribution in [0.25, 0.3) is 0 Å². The van der Waals surface area contributed by atoms with E-state index in [1.165, 1.54) is 0 Å². The van der Waals surface area contributed by atoms with E-state index in [9.17, 15) is 8.42 Å². The zero-order valence-electron chi connectivity index (χ0n) is 9.59. The maximum Gasteiger partial charge on any atom is 0.239 e.